The van der Waals surface area contributed by atoms with Crippen LogP contribution in [0.15, 0.2) is 42.9 Å². The lowest BCUT2D eigenvalue weighted by atomic mass is 10.0. The molecule has 1 saturated heterocycles. The van der Waals surface area contributed by atoms with E-state index in [1.54, 1.807) is 23.5 Å². The number of rotatable bonds is 3. The SMILES string of the molecule is CC(C)(C)OC(=O)N1CC[C@H](Nc2ncnc3ccc(-c4ccc(N)nc4)cc23)C1. The number of amides is 1. The lowest BCUT2D eigenvalue weighted by Gasteiger charge is -2.24. The summed E-state index contributed by atoms with van der Waals surface area (Å²) >= 11 is 0. The maximum atomic E-state index is 12.3. The van der Waals surface area contributed by atoms with Gasteiger partial charge in [0.1, 0.15) is 23.6 Å². The number of ether oxygens (including phenoxy) is 1. The lowest BCUT2D eigenvalue weighted by molar-refractivity contribution is 0.0293. The second-order valence-electron chi connectivity index (χ2n) is 8.48. The number of nitrogens with two attached hydrogens (primary N) is 1. The monoisotopic (exact) mass is 406 g/mol. The van der Waals surface area contributed by atoms with Crippen molar-refractivity contribution in [2.24, 2.45) is 0 Å². The molecule has 2 aromatic heterocycles. The summed E-state index contributed by atoms with van der Waals surface area (Å²) in [6, 6.07) is 9.84. The van der Waals surface area contributed by atoms with Crippen LogP contribution in [-0.2, 0) is 4.74 Å². The number of anilines is 2. The molecule has 0 spiro atoms. The lowest BCUT2D eigenvalue weighted by Crippen LogP contribution is -2.36. The Morgan fingerprint density at radius 2 is 1.97 bits per heavy atom. The molecular weight excluding hydrogens is 380 g/mol. The quantitative estimate of drug-likeness (QED) is 0.683. The van der Waals surface area contributed by atoms with Crippen molar-refractivity contribution in [2.75, 3.05) is 24.1 Å². The molecule has 3 N–H and O–H groups in total. The van der Waals surface area contributed by atoms with Crippen molar-refractivity contribution < 1.29 is 9.53 Å². The van der Waals surface area contributed by atoms with E-state index in [1.807, 2.05) is 45.0 Å². The fraction of sp³-hybridized carbons (Fsp3) is 0.364. The summed E-state index contributed by atoms with van der Waals surface area (Å²) in [5.41, 5.74) is 8.03. The van der Waals surface area contributed by atoms with E-state index in [-0.39, 0.29) is 12.1 Å². The topological polar surface area (TPSA) is 106 Å². The largest absolute Gasteiger partial charge is 0.444 e. The van der Waals surface area contributed by atoms with Crippen molar-refractivity contribution >= 4 is 28.6 Å². The van der Waals surface area contributed by atoms with E-state index in [0.29, 0.717) is 18.9 Å². The van der Waals surface area contributed by atoms with E-state index >= 15 is 0 Å². The average molecular weight is 406 g/mol. The van der Waals surface area contributed by atoms with E-state index < -0.39 is 5.60 Å². The summed E-state index contributed by atoms with van der Waals surface area (Å²) in [7, 11) is 0. The standard InChI is InChI=1S/C22H26N6O2/c1-22(2,3)30-21(29)28-9-8-16(12-28)27-20-17-10-14(4-6-18(17)25-13-26-20)15-5-7-19(23)24-11-15/h4-7,10-11,13,16H,8-9,12H2,1-3H3,(H2,23,24)(H,25,26,27)/t16-/m0/s1. The highest BCUT2D eigenvalue weighted by atomic mass is 16.6. The molecule has 0 saturated carbocycles. The van der Waals surface area contributed by atoms with E-state index in [2.05, 4.69) is 20.3 Å². The third kappa shape index (κ3) is 4.42. The first kappa shape index (κ1) is 19.9. The number of likely N-dealkylation sites (tertiary alicyclic amines) is 1. The second-order valence-corrected chi connectivity index (χ2v) is 8.48. The Morgan fingerprint density at radius 3 is 2.70 bits per heavy atom. The van der Waals surface area contributed by atoms with Crippen molar-refractivity contribution in [2.45, 2.75) is 38.8 Å². The number of benzene rings is 1. The highest BCUT2D eigenvalue weighted by Crippen LogP contribution is 2.28. The first-order chi connectivity index (χ1) is 14.3. The van der Waals surface area contributed by atoms with Gasteiger partial charge in [-0.1, -0.05) is 6.07 Å². The summed E-state index contributed by atoms with van der Waals surface area (Å²) in [5.74, 6) is 1.24. The van der Waals surface area contributed by atoms with Crippen molar-refractivity contribution in [1.29, 1.82) is 0 Å². The normalized spacial score (nSPS) is 16.6. The van der Waals surface area contributed by atoms with Gasteiger partial charge in [0.2, 0.25) is 0 Å². The number of hydrogen-bond acceptors (Lipinski definition) is 7. The molecule has 1 aliphatic rings. The zero-order valence-electron chi connectivity index (χ0n) is 17.4. The highest BCUT2D eigenvalue weighted by Gasteiger charge is 2.30. The molecule has 30 heavy (non-hydrogen) atoms. The van der Waals surface area contributed by atoms with Crippen LogP contribution in [0.2, 0.25) is 0 Å². The van der Waals surface area contributed by atoms with Gasteiger partial charge >= 0.3 is 6.09 Å². The zero-order valence-corrected chi connectivity index (χ0v) is 17.4. The van der Waals surface area contributed by atoms with Gasteiger partial charge in [-0.3, -0.25) is 0 Å². The summed E-state index contributed by atoms with van der Waals surface area (Å²) in [6.07, 6.45) is 3.85. The first-order valence-corrected chi connectivity index (χ1v) is 10.00. The molecule has 1 amide bonds. The van der Waals surface area contributed by atoms with Gasteiger partial charge in [0.15, 0.2) is 0 Å². The first-order valence-electron chi connectivity index (χ1n) is 10.00. The van der Waals surface area contributed by atoms with Crippen molar-refractivity contribution in [3.8, 4) is 11.1 Å². The smallest absolute Gasteiger partial charge is 0.410 e. The van der Waals surface area contributed by atoms with Crippen molar-refractivity contribution in [1.82, 2.24) is 19.9 Å². The van der Waals surface area contributed by atoms with Gasteiger partial charge in [-0.25, -0.2) is 19.7 Å². The second kappa shape index (κ2) is 7.78. The molecule has 3 aromatic rings. The van der Waals surface area contributed by atoms with Crippen LogP contribution in [0.25, 0.3) is 22.0 Å². The minimum Gasteiger partial charge on any atom is -0.444 e. The Balaban J connectivity index is 1.54. The van der Waals surface area contributed by atoms with E-state index in [4.69, 9.17) is 10.5 Å². The number of hydrogen-bond donors (Lipinski definition) is 2. The predicted molar refractivity (Wildman–Crippen MR) is 117 cm³/mol. The number of carbonyl (C=O) groups is 1. The Bertz CT molecular complexity index is 1060. The van der Waals surface area contributed by atoms with E-state index in [1.165, 1.54) is 0 Å². The molecule has 1 atom stereocenters. The van der Waals surface area contributed by atoms with Crippen LogP contribution in [-0.4, -0.2) is 50.7 Å². The molecule has 0 radical (unpaired) electrons. The molecule has 1 aromatic carbocycles. The van der Waals surface area contributed by atoms with Gasteiger partial charge in [-0.2, -0.15) is 0 Å². The third-order valence-corrected chi connectivity index (χ3v) is 4.94. The summed E-state index contributed by atoms with van der Waals surface area (Å²) in [4.78, 5) is 27.1. The molecule has 1 fully saturated rings. The average Bonchev–Trinajstić information content (AvgIpc) is 3.16. The van der Waals surface area contributed by atoms with Crippen LogP contribution in [0.5, 0.6) is 0 Å². The van der Waals surface area contributed by atoms with Crippen LogP contribution in [0.4, 0.5) is 16.4 Å². The van der Waals surface area contributed by atoms with Gasteiger partial charge in [-0.05, 0) is 57.0 Å². The predicted octanol–water partition coefficient (Wildman–Crippen LogP) is 3.70. The summed E-state index contributed by atoms with van der Waals surface area (Å²) in [5, 5.41) is 4.40. The Kier molecular flexibility index (Phi) is 5.15. The fourth-order valence-corrected chi connectivity index (χ4v) is 3.49. The van der Waals surface area contributed by atoms with Gasteiger partial charge in [0.05, 0.1) is 5.52 Å². The van der Waals surface area contributed by atoms with E-state index in [9.17, 15) is 4.79 Å². The number of nitrogen functional groups attached to an aromatic ring is 1. The number of fused-ring (bicyclic) bond motifs is 1. The molecule has 1 aliphatic heterocycles. The number of nitrogens with one attached hydrogen (secondary N) is 1. The van der Waals surface area contributed by atoms with Gasteiger partial charge in [0, 0.05) is 36.3 Å². The maximum absolute atomic E-state index is 12.3. The van der Waals surface area contributed by atoms with Crippen LogP contribution < -0.4 is 11.1 Å². The van der Waals surface area contributed by atoms with Crippen molar-refractivity contribution in [3.05, 3.63) is 42.9 Å². The molecule has 4 rings (SSSR count). The zero-order chi connectivity index (χ0) is 21.3. The third-order valence-electron chi connectivity index (χ3n) is 4.94. The number of pyridine rings is 1. The molecule has 156 valence electrons. The van der Waals surface area contributed by atoms with Crippen LogP contribution in [0, 0.1) is 0 Å². The minimum atomic E-state index is -0.501. The molecule has 8 nitrogen and oxygen atoms in total. The fourth-order valence-electron chi connectivity index (χ4n) is 3.49. The highest BCUT2D eigenvalue weighted by molar-refractivity contribution is 5.92. The number of aromatic nitrogens is 3. The molecule has 0 aliphatic carbocycles. The van der Waals surface area contributed by atoms with E-state index in [0.717, 1.165) is 34.3 Å². The summed E-state index contributed by atoms with van der Waals surface area (Å²) in [6.45, 7) is 6.84. The Morgan fingerprint density at radius 1 is 1.17 bits per heavy atom. The van der Waals surface area contributed by atoms with Crippen LogP contribution in [0.1, 0.15) is 27.2 Å². The number of nitrogens with zero attached hydrogens (tertiary/aromatic N) is 4. The minimum absolute atomic E-state index is 0.0949. The Hall–Kier alpha value is -3.42. The molecule has 0 bridgehead atoms. The molecular formula is C22H26N6O2. The molecule has 3 heterocycles. The molecule has 8 heteroatoms. The van der Waals surface area contributed by atoms with Gasteiger partial charge in [0.25, 0.3) is 0 Å². The van der Waals surface area contributed by atoms with Gasteiger partial charge < -0.3 is 20.7 Å². The van der Waals surface area contributed by atoms with Crippen LogP contribution in [0.3, 0.4) is 0 Å². The summed E-state index contributed by atoms with van der Waals surface area (Å²) < 4.78 is 5.48. The van der Waals surface area contributed by atoms with Gasteiger partial charge in [-0.15, -0.1) is 0 Å². The van der Waals surface area contributed by atoms with Crippen molar-refractivity contribution in [3.63, 3.8) is 0 Å². The Labute approximate surface area is 175 Å². The number of carbonyl (C=O) groups excluding carboxylic acids is 1. The van der Waals surface area contributed by atoms with Crippen LogP contribution >= 0.6 is 0 Å². The molecule has 0 unspecified atom stereocenters. The maximum Gasteiger partial charge on any atom is 0.410 e.